The second-order valence-electron chi connectivity index (χ2n) is 28.9. The number of aldehydes is 2. The van der Waals surface area contributed by atoms with E-state index in [1.807, 2.05) is 131 Å². The molecule has 26 nitrogen and oxygen atoms in total. The monoisotopic (exact) mass is 1520 g/mol. The molecule has 4 fully saturated rings. The summed E-state index contributed by atoms with van der Waals surface area (Å²) in [6.45, 7) is 44.8. The number of aliphatic carboxylic acids is 1. The summed E-state index contributed by atoms with van der Waals surface area (Å²) in [4.78, 5) is 116. The first kappa shape index (κ1) is 95.6. The maximum absolute atomic E-state index is 12.4. The van der Waals surface area contributed by atoms with Crippen molar-refractivity contribution in [2.45, 2.75) is 257 Å². The van der Waals surface area contributed by atoms with Crippen molar-refractivity contribution in [3.05, 3.63) is 23.2 Å². The second kappa shape index (κ2) is 40.2. The summed E-state index contributed by atoms with van der Waals surface area (Å²) < 4.78 is 34.1. The topological polar surface area (TPSA) is 304 Å². The van der Waals surface area contributed by atoms with E-state index in [0.717, 1.165) is 43.7 Å². The fourth-order valence-electron chi connectivity index (χ4n) is 9.18. The molecule has 34 heteroatoms. The molecule has 0 bridgehead atoms. The van der Waals surface area contributed by atoms with Gasteiger partial charge in [-0.2, -0.15) is 0 Å². The van der Waals surface area contributed by atoms with Crippen molar-refractivity contribution in [1.29, 1.82) is 0 Å². The summed E-state index contributed by atoms with van der Waals surface area (Å²) >= 11 is 9.39. The van der Waals surface area contributed by atoms with Gasteiger partial charge in [-0.1, -0.05) is 0 Å². The number of benzene rings is 1. The molecule has 1 aromatic carbocycles. The number of aliphatic imine (C=N–C) groups is 1. The van der Waals surface area contributed by atoms with Gasteiger partial charge < -0.3 is 54.5 Å². The average Bonchev–Trinajstić information content (AvgIpc) is 1.65. The third-order valence-corrected chi connectivity index (χ3v) is 21.2. The number of fused-ring (bicyclic) bond motifs is 1. The summed E-state index contributed by atoms with van der Waals surface area (Å²) in [7, 11) is 6.23. The fourth-order valence-corrected chi connectivity index (χ4v) is 16.0. The number of thioether (sulfide) groups is 5. The van der Waals surface area contributed by atoms with Gasteiger partial charge in [0.15, 0.2) is 23.7 Å². The van der Waals surface area contributed by atoms with Crippen molar-refractivity contribution in [3.8, 4) is 5.75 Å². The van der Waals surface area contributed by atoms with Gasteiger partial charge in [0.1, 0.15) is 81.0 Å². The molecule has 1 aromatic heterocycles. The van der Waals surface area contributed by atoms with E-state index in [1.165, 1.54) is 45.5 Å². The van der Waals surface area contributed by atoms with Crippen LogP contribution in [0.25, 0.3) is 10.2 Å². The van der Waals surface area contributed by atoms with Gasteiger partial charge in [0.2, 0.25) is 0 Å². The number of rotatable bonds is 12. The minimum absolute atomic E-state index is 0. The predicted molar refractivity (Wildman–Crippen MR) is 401 cm³/mol. The van der Waals surface area contributed by atoms with Crippen molar-refractivity contribution >= 4 is 152 Å². The molecule has 5 aliphatic rings. The van der Waals surface area contributed by atoms with Crippen molar-refractivity contribution in [2.75, 3.05) is 57.1 Å². The number of thiazole rings is 1. The number of carboxylic acids is 1. The van der Waals surface area contributed by atoms with E-state index in [9.17, 15) is 43.5 Å². The minimum atomic E-state index is -0.992. The van der Waals surface area contributed by atoms with E-state index in [4.69, 9.17) is 43.4 Å². The van der Waals surface area contributed by atoms with Gasteiger partial charge in [-0.05, 0) is 184 Å². The van der Waals surface area contributed by atoms with Gasteiger partial charge in [-0.15, -0.1) is 70.1 Å². The van der Waals surface area contributed by atoms with Crippen LogP contribution in [0.4, 0.5) is 19.2 Å². The van der Waals surface area contributed by atoms with Gasteiger partial charge in [0.25, 0.3) is 5.91 Å². The second-order valence-corrected chi connectivity index (χ2v) is 37.4. The van der Waals surface area contributed by atoms with Gasteiger partial charge >= 0.3 is 49.2 Å². The largest absolute Gasteiger partial charge is 1.00 e. The van der Waals surface area contributed by atoms with Gasteiger partial charge in [-0.25, -0.2) is 39.5 Å². The molecule has 5 aliphatic heterocycles. The number of nitrogens with one attached hydrogen (secondary N) is 1. The molecule has 5 amide bonds. The molecule has 6 heterocycles. The van der Waals surface area contributed by atoms with Crippen molar-refractivity contribution < 1.29 is 107 Å². The number of aromatic hydroxyl groups is 1. The first-order valence-electron chi connectivity index (χ1n) is 31.6. The minimum Gasteiger partial charge on any atom is -1.00 e. The Morgan fingerprint density at radius 2 is 0.980 bits per heavy atom. The molecule has 0 spiro atoms. The summed E-state index contributed by atoms with van der Waals surface area (Å²) in [5.74, 6) is 2.02. The number of ether oxygens (including phenoxy) is 6. The first-order chi connectivity index (χ1) is 44.2. The van der Waals surface area contributed by atoms with E-state index < -0.39 is 74.6 Å². The van der Waals surface area contributed by atoms with E-state index in [2.05, 4.69) is 15.3 Å². The van der Waals surface area contributed by atoms with Gasteiger partial charge in [0.05, 0.1) is 56.1 Å². The Morgan fingerprint density at radius 1 is 0.626 bits per heavy atom. The standard InChI is InChI=1S/C17H22N2O3S2.C13H24N2O4S.C11H19NO4S.2C11H19NO3S.C2H7NO.Al.Li.4H/c1-9(2)21-17(22-10(3)4)13-8-23-15(19-13)16-18-12-6-5-11(20)7-14(12)24-16;1-12(2,3)19-11(17)15-9(8-20-13(15,4)5)10(16)14(6)18-7;1-10(2,3)16-9(15)12-7(8(13)14)6-17-11(12,4)5;2*1-10(2,3)15-9(14)12-8(6-13)7-16-11(12,4)5;1-3-4-2;;;;;;/h5-7,9-10,13,17,20H,8H2,1-4H3;9H,8H2,1-7H3;7H,6H2,1-5H3,(H,13,14);2*6,8H,7H2,1-5H3;3H,1-2H3;;;;;;/q;;;;;;;+1;;;;-1. The number of phenolic OH excluding ortho intramolecular Hbond substituents is 1. The third-order valence-electron chi connectivity index (χ3n) is 13.4. The van der Waals surface area contributed by atoms with Gasteiger partial charge in [-0.3, -0.25) is 34.2 Å². The maximum atomic E-state index is 12.4. The molecule has 5 atom stereocenters. The van der Waals surface area contributed by atoms with Crippen molar-refractivity contribution in [2.24, 2.45) is 4.99 Å². The molecule has 4 saturated heterocycles. The van der Waals surface area contributed by atoms with Crippen LogP contribution in [0.15, 0.2) is 23.2 Å². The predicted octanol–water partition coefficient (Wildman–Crippen LogP) is 8.54. The van der Waals surface area contributed by atoms with Crippen LogP contribution in [-0.2, 0) is 57.3 Å². The van der Waals surface area contributed by atoms with Crippen LogP contribution in [0.2, 0.25) is 0 Å². The zero-order chi connectivity index (χ0) is 74.9. The van der Waals surface area contributed by atoms with E-state index in [-0.39, 0.29) is 95.7 Å². The molecule has 99 heavy (non-hydrogen) atoms. The van der Waals surface area contributed by atoms with Crippen LogP contribution < -0.4 is 24.3 Å². The van der Waals surface area contributed by atoms with Crippen LogP contribution in [-0.4, -0.2) is 259 Å². The maximum Gasteiger partial charge on any atom is 1.00 e. The van der Waals surface area contributed by atoms with E-state index >= 15 is 0 Å². The number of amides is 5. The Morgan fingerprint density at radius 3 is 1.32 bits per heavy atom. The first-order valence-corrected chi connectivity index (χ1v) is 37.4. The Balaban J connectivity index is 0. The number of hydrogen-bond donors (Lipinski definition) is 3. The van der Waals surface area contributed by atoms with Crippen molar-refractivity contribution in [1.82, 2.24) is 35.1 Å². The molecule has 562 valence electrons. The number of hydroxylamine groups is 3. The van der Waals surface area contributed by atoms with Crippen LogP contribution >= 0.6 is 70.1 Å². The number of nitrogens with zero attached hydrogens (tertiary/aromatic N) is 7. The number of carbonyl (C=O) groups is 8. The fraction of sp³-hybridized carbons (Fsp3) is 0.754. The molecule has 0 radical (unpaired) electrons. The zero-order valence-electron chi connectivity index (χ0n) is 64.0. The molecule has 5 unspecified atom stereocenters. The summed E-state index contributed by atoms with van der Waals surface area (Å²) in [6.07, 6.45) is -0.424. The van der Waals surface area contributed by atoms with Crippen LogP contribution in [0.3, 0.4) is 0 Å². The summed E-state index contributed by atoms with van der Waals surface area (Å²) in [6, 6.07) is 3.04. The Bertz CT molecular complexity index is 2930. The molecular formula is C65H114AlLiN8O18S6. The molecule has 0 aliphatic carbocycles. The van der Waals surface area contributed by atoms with Crippen LogP contribution in [0.5, 0.6) is 5.75 Å². The smallest absolute Gasteiger partial charge is 1.00 e. The molecule has 7 rings (SSSR count). The van der Waals surface area contributed by atoms with E-state index in [0.29, 0.717) is 23.0 Å². The molecular weight excluding hydrogens is 1410 g/mol. The molecule has 3 N–H and O–H groups in total. The summed E-state index contributed by atoms with van der Waals surface area (Å²) in [5.41, 5.74) is 1.03. The quantitative estimate of drug-likeness (QED) is 0.0589. The normalized spacial score (nSPS) is 21.0. The average molecular weight is 1520 g/mol. The third kappa shape index (κ3) is 31.1. The molecule has 0 saturated carbocycles. The van der Waals surface area contributed by atoms with Crippen LogP contribution in [0.1, 0.15) is 173 Å². The SMILES string of the molecule is CC(C)(C)OC(=O)N1C(C(=O)O)CSC1(C)C.CC(C)(C)OC(=O)N1C(C=O)CSC1(C)C.CC(C)(C)OC(=O)N1C(C=O)CSC1(C)C.CC(C)OC(OC(C)C)C1CSC(c2nc3ccc(O)cc3s2)=N1.CNOC.CON(C)C(=O)C1CSC(C)(C)N1C(=O)OC(C)(C)C.[AlH3].[H-].[Li+]. The number of carboxylic acid groups (broad SMARTS) is 1. The van der Waals surface area contributed by atoms with Crippen molar-refractivity contribution in [3.63, 3.8) is 0 Å². The van der Waals surface area contributed by atoms with Crippen LogP contribution in [0, 0.1) is 0 Å². The number of hydrogen-bond acceptors (Lipinski definition) is 26. The number of carbonyl (C=O) groups excluding carboxylic acids is 7. The van der Waals surface area contributed by atoms with E-state index in [1.54, 1.807) is 126 Å². The number of phenols is 1. The number of likely N-dealkylation sites (N-methyl/N-ethyl adjacent to an activating group) is 1. The Kier molecular flexibility index (Phi) is 38.8. The zero-order valence-corrected chi connectivity index (χ0v) is 67.9. The Hall–Kier alpha value is -3.38. The molecule has 2 aromatic rings. The van der Waals surface area contributed by atoms with Gasteiger partial charge in [0, 0.05) is 42.9 Å². The number of aromatic nitrogens is 1. The summed E-state index contributed by atoms with van der Waals surface area (Å²) in [5, 5.41) is 21.6. The Labute approximate surface area is 636 Å².